The Morgan fingerprint density at radius 1 is 1.31 bits per heavy atom. The molecule has 0 saturated carbocycles. The predicted molar refractivity (Wildman–Crippen MR) is 62.7 cm³/mol. The normalized spacial score (nSPS) is 10.5. The molecule has 1 aromatic heterocycles. The number of aromatic nitrogens is 2. The van der Waals surface area contributed by atoms with E-state index in [0.29, 0.717) is 30.8 Å². The molecule has 0 unspecified atom stereocenters. The number of hydrogen-bond donors (Lipinski definition) is 1. The van der Waals surface area contributed by atoms with Gasteiger partial charge in [-0.1, -0.05) is 13.8 Å². The average molecular weight is 225 g/mol. The zero-order valence-electron chi connectivity index (χ0n) is 10.1. The van der Waals surface area contributed by atoms with Gasteiger partial charge < -0.3 is 14.8 Å². The van der Waals surface area contributed by atoms with Gasteiger partial charge in [-0.3, -0.25) is 4.98 Å². The molecule has 1 aromatic rings. The Labute approximate surface area is 96.2 Å². The first-order valence-corrected chi connectivity index (χ1v) is 5.42. The molecular formula is C11H19N3O2. The van der Waals surface area contributed by atoms with E-state index >= 15 is 0 Å². The fourth-order valence-corrected chi connectivity index (χ4v) is 1.06. The van der Waals surface area contributed by atoms with Gasteiger partial charge in [-0.05, 0) is 5.92 Å². The topological polar surface area (TPSA) is 56.3 Å². The molecule has 90 valence electrons. The van der Waals surface area contributed by atoms with Crippen LogP contribution in [0.3, 0.4) is 0 Å². The molecule has 1 N–H and O–H groups in total. The van der Waals surface area contributed by atoms with Gasteiger partial charge in [-0.15, -0.1) is 0 Å². The Balaban J connectivity index is 2.21. The summed E-state index contributed by atoms with van der Waals surface area (Å²) in [6.07, 6.45) is 3.23. The van der Waals surface area contributed by atoms with Gasteiger partial charge in [-0.2, -0.15) is 4.98 Å². The van der Waals surface area contributed by atoms with E-state index in [1.165, 1.54) is 0 Å². The fourth-order valence-electron chi connectivity index (χ4n) is 1.06. The fraction of sp³-hybridized carbons (Fsp3) is 0.636. The summed E-state index contributed by atoms with van der Waals surface area (Å²) in [4.78, 5) is 8.16. The lowest BCUT2D eigenvalue weighted by atomic mass is 10.2. The van der Waals surface area contributed by atoms with Crippen LogP contribution in [0.2, 0.25) is 0 Å². The standard InChI is InChI=1S/C11H19N3O2/c1-9(2)8-15-4-5-16-11-7-13-6-10(12-3)14-11/h6-7,9H,4-5,8H2,1-3H3,(H,12,14). The second kappa shape index (κ2) is 7.00. The molecule has 0 radical (unpaired) electrons. The van der Waals surface area contributed by atoms with Gasteiger partial charge in [0.25, 0.3) is 0 Å². The molecule has 0 aliphatic carbocycles. The first-order valence-electron chi connectivity index (χ1n) is 5.42. The van der Waals surface area contributed by atoms with Crippen LogP contribution in [-0.4, -0.2) is 36.8 Å². The number of hydrogen-bond acceptors (Lipinski definition) is 5. The molecule has 0 saturated heterocycles. The van der Waals surface area contributed by atoms with Gasteiger partial charge in [0.15, 0.2) is 0 Å². The second-order valence-corrected chi connectivity index (χ2v) is 3.81. The minimum atomic E-state index is 0.495. The van der Waals surface area contributed by atoms with E-state index in [2.05, 4.69) is 29.1 Å². The summed E-state index contributed by atoms with van der Waals surface area (Å²) in [6, 6.07) is 0. The number of nitrogens with zero attached hydrogens (tertiary/aromatic N) is 2. The van der Waals surface area contributed by atoms with Crippen LogP contribution in [0, 0.1) is 5.92 Å². The van der Waals surface area contributed by atoms with Crippen LogP contribution in [0.1, 0.15) is 13.8 Å². The van der Waals surface area contributed by atoms with Crippen molar-refractivity contribution in [1.29, 1.82) is 0 Å². The SMILES string of the molecule is CNc1cncc(OCCOCC(C)C)n1. The van der Waals surface area contributed by atoms with Gasteiger partial charge in [0.05, 0.1) is 19.0 Å². The molecule has 16 heavy (non-hydrogen) atoms. The Kier molecular flexibility index (Phi) is 5.56. The van der Waals surface area contributed by atoms with Crippen LogP contribution in [0.4, 0.5) is 5.82 Å². The molecule has 0 fully saturated rings. The highest BCUT2D eigenvalue weighted by molar-refractivity contribution is 5.31. The lowest BCUT2D eigenvalue weighted by Crippen LogP contribution is -2.11. The maximum atomic E-state index is 5.39. The molecule has 1 rings (SSSR count). The molecule has 0 spiro atoms. The maximum Gasteiger partial charge on any atom is 0.234 e. The van der Waals surface area contributed by atoms with Crippen molar-refractivity contribution in [3.8, 4) is 5.88 Å². The summed E-state index contributed by atoms with van der Waals surface area (Å²) in [5.74, 6) is 1.76. The van der Waals surface area contributed by atoms with Crippen molar-refractivity contribution in [2.45, 2.75) is 13.8 Å². The number of ether oxygens (including phenoxy) is 2. The van der Waals surface area contributed by atoms with Gasteiger partial charge in [0.1, 0.15) is 12.4 Å². The summed E-state index contributed by atoms with van der Waals surface area (Å²) in [7, 11) is 1.79. The van der Waals surface area contributed by atoms with Gasteiger partial charge >= 0.3 is 0 Å². The summed E-state index contributed by atoms with van der Waals surface area (Å²) >= 11 is 0. The number of nitrogens with one attached hydrogen (secondary N) is 1. The van der Waals surface area contributed by atoms with Crippen LogP contribution in [-0.2, 0) is 4.74 Å². The van der Waals surface area contributed by atoms with Crippen LogP contribution in [0.25, 0.3) is 0 Å². The van der Waals surface area contributed by atoms with Crippen molar-refractivity contribution in [3.63, 3.8) is 0 Å². The van der Waals surface area contributed by atoms with E-state index in [1.54, 1.807) is 19.4 Å². The van der Waals surface area contributed by atoms with Crippen molar-refractivity contribution in [3.05, 3.63) is 12.4 Å². The Hall–Kier alpha value is -1.36. The monoisotopic (exact) mass is 225 g/mol. The molecular weight excluding hydrogens is 206 g/mol. The van der Waals surface area contributed by atoms with Crippen LogP contribution < -0.4 is 10.1 Å². The van der Waals surface area contributed by atoms with Crippen LogP contribution in [0.5, 0.6) is 5.88 Å². The Morgan fingerprint density at radius 2 is 2.12 bits per heavy atom. The predicted octanol–water partition coefficient (Wildman–Crippen LogP) is 1.57. The summed E-state index contributed by atoms with van der Waals surface area (Å²) in [5.41, 5.74) is 0. The molecule has 0 amide bonds. The minimum absolute atomic E-state index is 0.495. The summed E-state index contributed by atoms with van der Waals surface area (Å²) < 4.78 is 10.8. The molecule has 5 nitrogen and oxygen atoms in total. The zero-order chi connectivity index (χ0) is 11.8. The quantitative estimate of drug-likeness (QED) is 0.714. The first-order chi connectivity index (χ1) is 7.72. The van der Waals surface area contributed by atoms with E-state index in [-0.39, 0.29) is 0 Å². The highest BCUT2D eigenvalue weighted by atomic mass is 16.5. The van der Waals surface area contributed by atoms with E-state index in [9.17, 15) is 0 Å². The lowest BCUT2D eigenvalue weighted by molar-refractivity contribution is 0.0805. The van der Waals surface area contributed by atoms with Gasteiger partial charge in [-0.25, -0.2) is 0 Å². The van der Waals surface area contributed by atoms with Crippen molar-refractivity contribution < 1.29 is 9.47 Å². The molecule has 5 heteroatoms. The lowest BCUT2D eigenvalue weighted by Gasteiger charge is -2.08. The van der Waals surface area contributed by atoms with E-state index < -0.39 is 0 Å². The highest BCUT2D eigenvalue weighted by Crippen LogP contribution is 2.07. The molecule has 0 aliphatic rings. The third-order valence-electron chi connectivity index (χ3n) is 1.80. The molecule has 0 bridgehead atoms. The van der Waals surface area contributed by atoms with Crippen LogP contribution >= 0.6 is 0 Å². The Bertz CT molecular complexity index is 305. The van der Waals surface area contributed by atoms with Crippen molar-refractivity contribution in [2.75, 3.05) is 32.2 Å². The van der Waals surface area contributed by atoms with Crippen LogP contribution in [0.15, 0.2) is 12.4 Å². The van der Waals surface area contributed by atoms with Crippen molar-refractivity contribution in [1.82, 2.24) is 9.97 Å². The van der Waals surface area contributed by atoms with Gasteiger partial charge in [0, 0.05) is 13.7 Å². The first kappa shape index (κ1) is 12.7. The molecule has 1 heterocycles. The van der Waals surface area contributed by atoms with E-state index in [1.807, 2.05) is 0 Å². The Morgan fingerprint density at radius 3 is 2.81 bits per heavy atom. The van der Waals surface area contributed by atoms with E-state index in [4.69, 9.17) is 9.47 Å². The zero-order valence-corrected chi connectivity index (χ0v) is 10.1. The number of rotatable bonds is 7. The molecule has 0 aliphatic heterocycles. The second-order valence-electron chi connectivity index (χ2n) is 3.81. The average Bonchev–Trinajstić information content (AvgIpc) is 2.28. The highest BCUT2D eigenvalue weighted by Gasteiger charge is 1.98. The third kappa shape index (κ3) is 4.93. The summed E-state index contributed by atoms with van der Waals surface area (Å²) in [6.45, 7) is 6.05. The number of anilines is 1. The van der Waals surface area contributed by atoms with Gasteiger partial charge in [0.2, 0.25) is 5.88 Å². The molecule has 0 atom stereocenters. The maximum absolute atomic E-state index is 5.39. The summed E-state index contributed by atoms with van der Waals surface area (Å²) in [5, 5.41) is 2.90. The van der Waals surface area contributed by atoms with Crippen molar-refractivity contribution in [2.24, 2.45) is 5.92 Å². The molecule has 0 aromatic carbocycles. The van der Waals surface area contributed by atoms with Crippen molar-refractivity contribution >= 4 is 5.82 Å². The van der Waals surface area contributed by atoms with E-state index in [0.717, 1.165) is 6.61 Å². The minimum Gasteiger partial charge on any atom is -0.474 e. The largest absolute Gasteiger partial charge is 0.474 e. The third-order valence-corrected chi connectivity index (χ3v) is 1.80. The smallest absolute Gasteiger partial charge is 0.234 e.